The van der Waals surface area contributed by atoms with Crippen molar-refractivity contribution < 1.29 is 14.7 Å². The molecule has 1 atom stereocenters. The molecule has 0 aromatic heterocycles. The van der Waals surface area contributed by atoms with Crippen molar-refractivity contribution >= 4 is 5.97 Å². The predicted octanol–water partition coefficient (Wildman–Crippen LogP) is -1.06. The predicted molar refractivity (Wildman–Crippen MR) is 35.2 cm³/mol. The van der Waals surface area contributed by atoms with Crippen LogP contribution in [0.4, 0.5) is 0 Å². The van der Waals surface area contributed by atoms with E-state index in [1.165, 1.54) is 7.11 Å². The number of carboxylic acids is 1. The van der Waals surface area contributed by atoms with E-state index in [1.54, 1.807) is 0 Å². The van der Waals surface area contributed by atoms with Crippen LogP contribution in [0.5, 0.6) is 0 Å². The second-order valence-electron chi connectivity index (χ2n) is 1.83. The van der Waals surface area contributed by atoms with Crippen LogP contribution in [-0.4, -0.2) is 30.8 Å². The molecule has 0 radical (unpaired) electrons. The fourth-order valence-electron chi connectivity index (χ4n) is 0.440. The second-order valence-corrected chi connectivity index (χ2v) is 1.83. The summed E-state index contributed by atoms with van der Waals surface area (Å²) in [6.07, 6.45) is 0.364. The minimum atomic E-state index is -0.988. The highest BCUT2D eigenvalue weighted by Gasteiger charge is 2.09. The lowest BCUT2D eigenvalue weighted by Gasteiger charge is -2.04. The maximum Gasteiger partial charge on any atom is 0.320 e. The SMILES string of the molecule is CONCCC(N)C(=O)O. The lowest BCUT2D eigenvalue weighted by Crippen LogP contribution is -2.33. The average Bonchev–Trinajstić information content (AvgIpc) is 1.88. The molecular weight excluding hydrogens is 136 g/mol. The highest BCUT2D eigenvalue weighted by Crippen LogP contribution is 1.84. The van der Waals surface area contributed by atoms with E-state index in [0.29, 0.717) is 13.0 Å². The van der Waals surface area contributed by atoms with Crippen molar-refractivity contribution in [3.63, 3.8) is 0 Å². The van der Waals surface area contributed by atoms with Gasteiger partial charge in [0.15, 0.2) is 0 Å². The third-order valence-electron chi connectivity index (χ3n) is 1.02. The molecule has 0 saturated heterocycles. The molecule has 1 unspecified atom stereocenters. The van der Waals surface area contributed by atoms with Gasteiger partial charge in [-0.1, -0.05) is 0 Å². The summed E-state index contributed by atoms with van der Waals surface area (Å²) in [5, 5.41) is 8.29. The Balaban J connectivity index is 3.21. The maximum atomic E-state index is 10.1. The molecule has 0 fully saturated rings. The standard InChI is InChI=1S/C5H12N2O3/c1-10-7-3-2-4(6)5(8)9/h4,7H,2-3,6H2,1H3,(H,8,9). The normalized spacial score (nSPS) is 13.0. The van der Waals surface area contributed by atoms with Gasteiger partial charge in [-0.2, -0.15) is 0 Å². The summed E-state index contributed by atoms with van der Waals surface area (Å²) in [5.41, 5.74) is 7.65. The van der Waals surface area contributed by atoms with Crippen LogP contribution in [0, 0.1) is 0 Å². The molecular formula is C5H12N2O3. The zero-order valence-corrected chi connectivity index (χ0v) is 5.83. The van der Waals surface area contributed by atoms with Gasteiger partial charge in [0.2, 0.25) is 0 Å². The average molecular weight is 148 g/mol. The van der Waals surface area contributed by atoms with Gasteiger partial charge in [-0.3, -0.25) is 4.79 Å². The van der Waals surface area contributed by atoms with Gasteiger partial charge in [0, 0.05) is 6.54 Å². The van der Waals surface area contributed by atoms with Gasteiger partial charge in [-0.25, -0.2) is 5.48 Å². The van der Waals surface area contributed by atoms with Crippen molar-refractivity contribution in [3.05, 3.63) is 0 Å². The molecule has 4 N–H and O–H groups in total. The fraction of sp³-hybridized carbons (Fsp3) is 0.800. The Hall–Kier alpha value is -0.650. The number of hydrogen-bond donors (Lipinski definition) is 3. The number of hydroxylamine groups is 1. The highest BCUT2D eigenvalue weighted by atomic mass is 16.6. The summed E-state index contributed by atoms with van der Waals surface area (Å²) < 4.78 is 0. The third-order valence-corrected chi connectivity index (χ3v) is 1.02. The molecule has 60 valence electrons. The smallest absolute Gasteiger partial charge is 0.320 e. The van der Waals surface area contributed by atoms with E-state index in [9.17, 15) is 4.79 Å². The molecule has 5 nitrogen and oxygen atoms in total. The first-order chi connectivity index (χ1) is 4.68. The van der Waals surface area contributed by atoms with Gasteiger partial charge < -0.3 is 15.7 Å². The minimum Gasteiger partial charge on any atom is -0.480 e. The highest BCUT2D eigenvalue weighted by molar-refractivity contribution is 5.72. The molecule has 5 heteroatoms. The van der Waals surface area contributed by atoms with Crippen LogP contribution < -0.4 is 11.2 Å². The molecule has 0 aliphatic rings. The Bertz CT molecular complexity index is 107. The van der Waals surface area contributed by atoms with Crippen LogP contribution in [0.1, 0.15) is 6.42 Å². The van der Waals surface area contributed by atoms with E-state index < -0.39 is 12.0 Å². The first-order valence-electron chi connectivity index (χ1n) is 2.92. The number of carbonyl (C=O) groups is 1. The fourth-order valence-corrected chi connectivity index (χ4v) is 0.440. The first-order valence-corrected chi connectivity index (χ1v) is 2.92. The summed E-state index contributed by atoms with van der Waals surface area (Å²) >= 11 is 0. The quantitative estimate of drug-likeness (QED) is 0.342. The zero-order chi connectivity index (χ0) is 7.98. The Morgan fingerprint density at radius 3 is 2.90 bits per heavy atom. The van der Waals surface area contributed by atoms with Gasteiger partial charge >= 0.3 is 5.97 Å². The summed E-state index contributed by atoms with van der Waals surface area (Å²) in [6, 6.07) is -0.803. The van der Waals surface area contributed by atoms with E-state index in [0.717, 1.165) is 0 Å². The largest absolute Gasteiger partial charge is 0.480 e. The number of carboxylic acid groups (broad SMARTS) is 1. The van der Waals surface area contributed by atoms with Crippen molar-refractivity contribution in [2.45, 2.75) is 12.5 Å². The Kier molecular flexibility index (Phi) is 4.82. The van der Waals surface area contributed by atoms with E-state index in [4.69, 9.17) is 10.8 Å². The molecule has 0 spiro atoms. The lowest BCUT2D eigenvalue weighted by atomic mass is 10.2. The van der Waals surface area contributed by atoms with E-state index in [1.807, 2.05) is 0 Å². The lowest BCUT2D eigenvalue weighted by molar-refractivity contribution is -0.138. The number of rotatable bonds is 5. The second kappa shape index (κ2) is 5.16. The zero-order valence-electron chi connectivity index (χ0n) is 5.83. The molecule has 0 heterocycles. The maximum absolute atomic E-state index is 10.1. The number of nitrogens with two attached hydrogens (primary N) is 1. The van der Waals surface area contributed by atoms with Crippen LogP contribution in [0.25, 0.3) is 0 Å². The van der Waals surface area contributed by atoms with Crippen LogP contribution in [0.15, 0.2) is 0 Å². The number of hydrogen-bond acceptors (Lipinski definition) is 4. The topological polar surface area (TPSA) is 84.6 Å². The van der Waals surface area contributed by atoms with Crippen LogP contribution in [-0.2, 0) is 9.63 Å². The molecule has 0 amide bonds. The Labute approximate surface area is 59.1 Å². The Morgan fingerprint density at radius 1 is 1.90 bits per heavy atom. The molecule has 0 aromatic rings. The molecule has 0 rings (SSSR count). The third kappa shape index (κ3) is 4.25. The Morgan fingerprint density at radius 2 is 2.50 bits per heavy atom. The van der Waals surface area contributed by atoms with Crippen molar-refractivity contribution in [2.24, 2.45) is 5.73 Å². The molecule has 0 aliphatic carbocycles. The van der Waals surface area contributed by atoms with Gasteiger partial charge in [-0.05, 0) is 6.42 Å². The van der Waals surface area contributed by atoms with Crippen LogP contribution in [0.3, 0.4) is 0 Å². The summed E-state index contributed by atoms with van der Waals surface area (Å²) in [6.45, 7) is 0.448. The van der Waals surface area contributed by atoms with Gasteiger partial charge in [0.05, 0.1) is 7.11 Å². The van der Waals surface area contributed by atoms with Gasteiger partial charge in [0.25, 0.3) is 0 Å². The number of aliphatic carboxylic acids is 1. The van der Waals surface area contributed by atoms with Gasteiger partial charge in [-0.15, -0.1) is 0 Å². The molecule has 10 heavy (non-hydrogen) atoms. The molecule has 0 bridgehead atoms. The van der Waals surface area contributed by atoms with Crippen molar-refractivity contribution in [3.8, 4) is 0 Å². The van der Waals surface area contributed by atoms with E-state index >= 15 is 0 Å². The number of nitrogens with one attached hydrogen (secondary N) is 1. The molecule has 0 aliphatic heterocycles. The van der Waals surface area contributed by atoms with Crippen molar-refractivity contribution in [1.29, 1.82) is 0 Å². The summed E-state index contributed by atoms with van der Waals surface area (Å²) in [7, 11) is 1.46. The first kappa shape index (κ1) is 9.35. The summed E-state index contributed by atoms with van der Waals surface area (Å²) in [5.74, 6) is -0.988. The van der Waals surface area contributed by atoms with E-state index in [2.05, 4.69) is 10.3 Å². The molecule has 0 saturated carbocycles. The van der Waals surface area contributed by atoms with Crippen molar-refractivity contribution in [1.82, 2.24) is 5.48 Å². The van der Waals surface area contributed by atoms with E-state index in [-0.39, 0.29) is 0 Å². The van der Waals surface area contributed by atoms with Crippen LogP contribution >= 0.6 is 0 Å². The molecule has 0 aromatic carbocycles. The summed E-state index contributed by atoms with van der Waals surface area (Å²) in [4.78, 5) is 14.6. The monoisotopic (exact) mass is 148 g/mol. The minimum absolute atomic E-state index is 0.364. The van der Waals surface area contributed by atoms with Crippen LogP contribution in [0.2, 0.25) is 0 Å². The van der Waals surface area contributed by atoms with Crippen molar-refractivity contribution in [2.75, 3.05) is 13.7 Å². The van der Waals surface area contributed by atoms with Gasteiger partial charge in [0.1, 0.15) is 6.04 Å².